The number of amides is 4. The average molecular weight is 955 g/mol. The Morgan fingerprint density at radius 3 is 1.31 bits per heavy atom. The lowest BCUT2D eigenvalue weighted by molar-refractivity contribution is -0.121. The van der Waals surface area contributed by atoms with Crippen LogP contribution in [0.3, 0.4) is 0 Å². The van der Waals surface area contributed by atoms with Gasteiger partial charge in [-0.15, -0.1) is 0 Å². The van der Waals surface area contributed by atoms with Crippen LogP contribution < -0.4 is 34.9 Å². The van der Waals surface area contributed by atoms with E-state index < -0.39 is 17.9 Å². The predicted molar refractivity (Wildman–Crippen MR) is 271 cm³/mol. The summed E-state index contributed by atoms with van der Waals surface area (Å²) < 4.78 is 30.4. The first-order chi connectivity index (χ1) is 34.9. The molecule has 7 aromatic carbocycles. The van der Waals surface area contributed by atoms with Crippen LogP contribution in [0.15, 0.2) is 188 Å². The summed E-state index contributed by atoms with van der Waals surface area (Å²) in [7, 11) is 0. The molecule has 0 saturated carbocycles. The monoisotopic (exact) mass is 954 g/mol. The van der Waals surface area contributed by atoms with Gasteiger partial charge < -0.3 is 44.5 Å². The second kappa shape index (κ2) is 27.4. The smallest absolute Gasteiger partial charge is 0.407 e. The molecular formula is C58H58N4O9. The van der Waals surface area contributed by atoms with Gasteiger partial charge in [0.25, 0.3) is 11.8 Å². The third kappa shape index (κ3) is 16.3. The normalized spacial score (nSPS) is 10.6. The largest absolute Gasteiger partial charge is 0.485 e. The Hall–Kier alpha value is -8.58. The van der Waals surface area contributed by atoms with Gasteiger partial charge in [-0.1, -0.05) is 164 Å². The fourth-order valence-electron chi connectivity index (χ4n) is 7.35. The molecule has 0 bridgehead atoms. The van der Waals surface area contributed by atoms with E-state index in [1.165, 1.54) is 4.90 Å². The fraction of sp³-hybridized carbons (Fsp3) is 0.207. The highest BCUT2D eigenvalue weighted by atomic mass is 16.5. The van der Waals surface area contributed by atoms with Gasteiger partial charge in [-0.05, 0) is 64.9 Å². The highest BCUT2D eigenvalue weighted by Crippen LogP contribution is 2.35. The molecule has 3 N–H and O–H groups in total. The van der Waals surface area contributed by atoms with Crippen LogP contribution in [0.2, 0.25) is 0 Å². The van der Waals surface area contributed by atoms with Gasteiger partial charge in [0.15, 0.2) is 23.0 Å². The van der Waals surface area contributed by atoms with Gasteiger partial charge in [-0.2, -0.15) is 0 Å². The first-order valence-corrected chi connectivity index (χ1v) is 23.6. The van der Waals surface area contributed by atoms with Gasteiger partial charge in [0.05, 0.1) is 17.7 Å². The number of hydrogen-bond donors (Lipinski definition) is 3. The molecule has 0 unspecified atom stereocenters. The summed E-state index contributed by atoms with van der Waals surface area (Å²) in [6, 6.07) is 58.3. The zero-order chi connectivity index (χ0) is 49.3. The van der Waals surface area contributed by atoms with Gasteiger partial charge >= 0.3 is 6.09 Å². The van der Waals surface area contributed by atoms with Crippen molar-refractivity contribution in [2.24, 2.45) is 0 Å². The molecule has 0 aliphatic carbocycles. The number of benzene rings is 7. The van der Waals surface area contributed by atoms with Crippen molar-refractivity contribution in [1.82, 2.24) is 20.9 Å². The van der Waals surface area contributed by atoms with E-state index in [1.54, 1.807) is 36.4 Å². The van der Waals surface area contributed by atoms with Crippen LogP contribution in [0.5, 0.6) is 23.0 Å². The van der Waals surface area contributed by atoms with Crippen LogP contribution in [-0.2, 0) is 42.6 Å². The molecule has 0 fully saturated rings. The summed E-state index contributed by atoms with van der Waals surface area (Å²) in [6.45, 7) is 1.34. The Kier molecular flexibility index (Phi) is 19.4. The standard InChI is InChI=1S/C58H58N4O9/c63-53(59-35-36-61-58(66)71-43-48-28-14-5-15-29-48)38-62(57(65)50-31-19-33-52(68-40-45-22-8-2-9-23-45)55(50)70-42-47-26-12-4-13-27-47)37-17-16-34-60-56(64)49-30-18-32-51(67-39-44-20-6-1-7-21-44)54(49)69-41-46-24-10-3-11-25-46/h1-15,18-33H,16-17,34-43H2,(H,59,63)(H,60,64)(H,61,66). The number of unbranched alkanes of at least 4 members (excludes halogenated alkanes) is 1. The van der Waals surface area contributed by atoms with E-state index in [0.29, 0.717) is 35.7 Å². The van der Waals surface area contributed by atoms with Crippen molar-refractivity contribution in [2.45, 2.75) is 45.9 Å². The minimum absolute atomic E-state index is 0.0944. The second-order valence-corrected chi connectivity index (χ2v) is 16.4. The van der Waals surface area contributed by atoms with E-state index in [0.717, 1.165) is 27.8 Å². The molecule has 0 saturated heterocycles. The van der Waals surface area contributed by atoms with Crippen LogP contribution in [0, 0.1) is 0 Å². The van der Waals surface area contributed by atoms with Crippen molar-refractivity contribution in [1.29, 1.82) is 0 Å². The maximum Gasteiger partial charge on any atom is 0.407 e. The van der Waals surface area contributed by atoms with Crippen molar-refractivity contribution >= 4 is 23.8 Å². The summed E-state index contributed by atoms with van der Waals surface area (Å²) in [5.74, 6) is 0.135. The summed E-state index contributed by atoms with van der Waals surface area (Å²) in [5.41, 5.74) is 5.10. The Labute approximate surface area is 414 Å². The molecule has 13 nitrogen and oxygen atoms in total. The molecule has 0 atom stereocenters. The quantitative estimate of drug-likeness (QED) is 0.0451. The number of nitrogens with one attached hydrogen (secondary N) is 3. The van der Waals surface area contributed by atoms with Gasteiger partial charge in [0.1, 0.15) is 33.0 Å². The van der Waals surface area contributed by atoms with Crippen LogP contribution in [0.25, 0.3) is 0 Å². The molecule has 13 heteroatoms. The third-order valence-electron chi connectivity index (χ3n) is 11.1. The minimum atomic E-state index is -0.621. The van der Waals surface area contributed by atoms with Gasteiger partial charge in [0.2, 0.25) is 5.91 Å². The number of carbonyl (C=O) groups is 4. The van der Waals surface area contributed by atoms with Crippen molar-refractivity contribution in [3.8, 4) is 23.0 Å². The lowest BCUT2D eigenvalue weighted by Crippen LogP contribution is -2.43. The summed E-state index contributed by atoms with van der Waals surface area (Å²) >= 11 is 0. The van der Waals surface area contributed by atoms with Crippen molar-refractivity contribution in [3.05, 3.63) is 227 Å². The number of ether oxygens (including phenoxy) is 5. The highest BCUT2D eigenvalue weighted by Gasteiger charge is 2.25. The van der Waals surface area contributed by atoms with Crippen molar-refractivity contribution in [3.63, 3.8) is 0 Å². The number of carbonyl (C=O) groups excluding carboxylic acids is 4. The third-order valence-corrected chi connectivity index (χ3v) is 11.1. The van der Waals surface area contributed by atoms with E-state index in [1.807, 2.05) is 152 Å². The predicted octanol–water partition coefficient (Wildman–Crippen LogP) is 9.70. The van der Waals surface area contributed by atoms with E-state index in [2.05, 4.69) is 16.0 Å². The van der Waals surface area contributed by atoms with E-state index in [4.69, 9.17) is 23.7 Å². The van der Waals surface area contributed by atoms with E-state index >= 15 is 0 Å². The van der Waals surface area contributed by atoms with E-state index in [9.17, 15) is 19.2 Å². The first-order valence-electron chi connectivity index (χ1n) is 23.6. The molecule has 0 aromatic heterocycles. The van der Waals surface area contributed by atoms with Crippen LogP contribution in [-0.4, -0.2) is 61.4 Å². The Balaban J connectivity index is 1.02. The second-order valence-electron chi connectivity index (χ2n) is 16.4. The number of para-hydroxylation sites is 2. The maximum atomic E-state index is 14.7. The molecule has 4 amide bonds. The Morgan fingerprint density at radius 2 is 0.817 bits per heavy atom. The van der Waals surface area contributed by atoms with Crippen molar-refractivity contribution in [2.75, 3.05) is 32.7 Å². The number of alkyl carbamates (subject to hydrolysis) is 1. The SMILES string of the molecule is O=C(CN(CCCCNC(=O)c1cccc(OCc2ccccc2)c1OCc1ccccc1)C(=O)c1cccc(OCc2ccccc2)c1OCc1ccccc1)NCCNC(=O)OCc1ccccc1. The van der Waals surface area contributed by atoms with Crippen molar-refractivity contribution < 1.29 is 42.9 Å². The molecule has 0 radical (unpaired) electrons. The summed E-state index contributed by atoms with van der Waals surface area (Å²) in [5, 5.41) is 8.46. The molecule has 0 aliphatic heterocycles. The topological polar surface area (TPSA) is 154 Å². The van der Waals surface area contributed by atoms with E-state index in [-0.39, 0.29) is 83.0 Å². The Bertz CT molecular complexity index is 2750. The van der Waals surface area contributed by atoms with Crippen LogP contribution in [0.4, 0.5) is 4.79 Å². The fourth-order valence-corrected chi connectivity index (χ4v) is 7.35. The summed E-state index contributed by atoms with van der Waals surface area (Å²) in [6.07, 6.45) is 0.272. The lowest BCUT2D eigenvalue weighted by Gasteiger charge is -2.24. The minimum Gasteiger partial charge on any atom is -0.485 e. The number of rotatable bonds is 26. The highest BCUT2D eigenvalue weighted by molar-refractivity contribution is 6.00. The molecule has 0 aliphatic rings. The summed E-state index contributed by atoms with van der Waals surface area (Å²) in [4.78, 5) is 55.9. The van der Waals surface area contributed by atoms with Gasteiger partial charge in [0, 0.05) is 26.2 Å². The maximum absolute atomic E-state index is 14.7. The zero-order valence-corrected chi connectivity index (χ0v) is 39.5. The average Bonchev–Trinajstić information content (AvgIpc) is 3.42. The first kappa shape index (κ1) is 50.3. The van der Waals surface area contributed by atoms with Crippen LogP contribution in [0.1, 0.15) is 61.4 Å². The zero-order valence-electron chi connectivity index (χ0n) is 39.5. The number of nitrogens with zero attached hydrogens (tertiary/aromatic N) is 1. The lowest BCUT2D eigenvalue weighted by atomic mass is 10.1. The number of hydrogen-bond acceptors (Lipinski definition) is 9. The molecule has 7 rings (SSSR count). The van der Waals surface area contributed by atoms with Gasteiger partial charge in [-0.3, -0.25) is 14.4 Å². The molecule has 0 spiro atoms. The molecule has 364 valence electrons. The molecule has 7 aromatic rings. The van der Waals surface area contributed by atoms with Gasteiger partial charge in [-0.25, -0.2) is 4.79 Å². The Morgan fingerprint density at radius 1 is 0.394 bits per heavy atom. The van der Waals surface area contributed by atoms with Crippen LogP contribution >= 0.6 is 0 Å². The molecule has 71 heavy (non-hydrogen) atoms. The molecular weight excluding hydrogens is 897 g/mol. The molecule has 0 heterocycles.